The van der Waals surface area contributed by atoms with Crippen LogP contribution in [0.1, 0.15) is 39.5 Å². The zero-order chi connectivity index (χ0) is 19.3. The number of piperidine rings is 1. The summed E-state index contributed by atoms with van der Waals surface area (Å²) in [5.41, 5.74) is 0.818. The van der Waals surface area contributed by atoms with Gasteiger partial charge in [0.05, 0.1) is 12.7 Å². The second-order valence-electron chi connectivity index (χ2n) is 7.86. The molecule has 0 aliphatic carbocycles. The molecule has 2 aromatic rings. The summed E-state index contributed by atoms with van der Waals surface area (Å²) >= 11 is 0. The molecule has 0 radical (unpaired) electrons. The van der Waals surface area contributed by atoms with E-state index in [1.54, 1.807) is 17.3 Å². The van der Waals surface area contributed by atoms with Crippen LogP contribution in [-0.4, -0.2) is 51.9 Å². The molecule has 0 unspecified atom stereocenters. The van der Waals surface area contributed by atoms with Gasteiger partial charge in [-0.1, -0.05) is 25.9 Å². The van der Waals surface area contributed by atoms with Crippen molar-refractivity contribution in [3.63, 3.8) is 0 Å². The monoisotopic (exact) mass is 374 g/mol. The van der Waals surface area contributed by atoms with E-state index in [4.69, 9.17) is 14.0 Å². The van der Waals surface area contributed by atoms with Gasteiger partial charge in [-0.25, -0.2) is 4.79 Å². The Labute approximate surface area is 158 Å². The third-order valence-electron chi connectivity index (χ3n) is 4.18. The SMILES string of the molecule is CC(C)(C)COC(=O)N1CCC(OCc2nc(-c3ccncc3)no2)CC1. The van der Waals surface area contributed by atoms with Crippen LogP contribution in [0.5, 0.6) is 0 Å². The van der Waals surface area contributed by atoms with Crippen molar-refractivity contribution in [3.05, 3.63) is 30.4 Å². The maximum absolute atomic E-state index is 12.1. The Bertz CT molecular complexity index is 734. The molecule has 1 aliphatic heterocycles. The van der Waals surface area contributed by atoms with Gasteiger partial charge in [0.1, 0.15) is 6.61 Å². The first-order valence-corrected chi connectivity index (χ1v) is 9.17. The molecule has 2 aromatic heterocycles. The zero-order valence-corrected chi connectivity index (χ0v) is 16.1. The number of nitrogens with zero attached hydrogens (tertiary/aromatic N) is 4. The molecule has 8 heteroatoms. The molecule has 8 nitrogen and oxygen atoms in total. The normalized spacial score (nSPS) is 15.7. The molecule has 1 aliphatic rings. The van der Waals surface area contributed by atoms with Gasteiger partial charge in [-0.2, -0.15) is 4.98 Å². The second-order valence-corrected chi connectivity index (χ2v) is 7.86. The fourth-order valence-electron chi connectivity index (χ4n) is 2.70. The van der Waals surface area contributed by atoms with Crippen molar-refractivity contribution in [2.24, 2.45) is 5.41 Å². The molecule has 3 heterocycles. The van der Waals surface area contributed by atoms with Crippen molar-refractivity contribution >= 4 is 6.09 Å². The fourth-order valence-corrected chi connectivity index (χ4v) is 2.70. The Kier molecular flexibility index (Phi) is 6.05. The van der Waals surface area contributed by atoms with E-state index < -0.39 is 0 Å². The molecule has 0 spiro atoms. The molecule has 0 saturated carbocycles. The lowest BCUT2D eigenvalue weighted by Gasteiger charge is -2.31. The van der Waals surface area contributed by atoms with Crippen LogP contribution >= 0.6 is 0 Å². The van der Waals surface area contributed by atoms with Crippen LogP contribution < -0.4 is 0 Å². The summed E-state index contributed by atoms with van der Waals surface area (Å²) in [7, 11) is 0. The lowest BCUT2D eigenvalue weighted by molar-refractivity contribution is -0.0146. The maximum atomic E-state index is 12.1. The second kappa shape index (κ2) is 8.47. The summed E-state index contributed by atoms with van der Waals surface area (Å²) < 4.78 is 16.5. The van der Waals surface area contributed by atoms with Crippen LogP contribution in [0.3, 0.4) is 0 Å². The van der Waals surface area contributed by atoms with E-state index in [1.165, 1.54) is 0 Å². The average molecular weight is 374 g/mol. The first-order chi connectivity index (χ1) is 12.9. The molecule has 27 heavy (non-hydrogen) atoms. The van der Waals surface area contributed by atoms with Crippen LogP contribution in [0.15, 0.2) is 29.0 Å². The number of amides is 1. The third-order valence-corrected chi connectivity index (χ3v) is 4.18. The molecule has 0 bridgehead atoms. The number of aromatic nitrogens is 3. The van der Waals surface area contributed by atoms with Crippen molar-refractivity contribution in [1.29, 1.82) is 0 Å². The first-order valence-electron chi connectivity index (χ1n) is 9.17. The molecule has 0 aromatic carbocycles. The largest absolute Gasteiger partial charge is 0.449 e. The Morgan fingerprint density at radius 1 is 1.26 bits per heavy atom. The number of rotatable bonds is 5. The first kappa shape index (κ1) is 19.3. The van der Waals surface area contributed by atoms with Crippen molar-refractivity contribution in [2.75, 3.05) is 19.7 Å². The highest BCUT2D eigenvalue weighted by molar-refractivity contribution is 5.67. The fraction of sp³-hybridized carbons (Fsp3) is 0.579. The number of hydrogen-bond donors (Lipinski definition) is 0. The quantitative estimate of drug-likeness (QED) is 0.793. The van der Waals surface area contributed by atoms with Gasteiger partial charge in [0, 0.05) is 31.0 Å². The van der Waals surface area contributed by atoms with Crippen molar-refractivity contribution in [1.82, 2.24) is 20.0 Å². The molecule has 1 saturated heterocycles. The van der Waals surface area contributed by atoms with Gasteiger partial charge in [0.25, 0.3) is 5.89 Å². The van der Waals surface area contributed by atoms with Crippen molar-refractivity contribution < 1.29 is 18.8 Å². The van der Waals surface area contributed by atoms with Crippen LogP contribution in [0.4, 0.5) is 4.79 Å². The highest BCUT2D eigenvalue weighted by atomic mass is 16.6. The highest BCUT2D eigenvalue weighted by Crippen LogP contribution is 2.19. The minimum absolute atomic E-state index is 0.0315. The Balaban J connectivity index is 1.41. The summed E-state index contributed by atoms with van der Waals surface area (Å²) in [6, 6.07) is 3.65. The third kappa shape index (κ3) is 5.75. The topological polar surface area (TPSA) is 90.6 Å². The van der Waals surface area contributed by atoms with Gasteiger partial charge in [-0.15, -0.1) is 0 Å². The van der Waals surface area contributed by atoms with Gasteiger partial charge in [0.15, 0.2) is 0 Å². The molecule has 1 amide bonds. The summed E-state index contributed by atoms with van der Waals surface area (Å²) in [5.74, 6) is 0.959. The summed E-state index contributed by atoms with van der Waals surface area (Å²) in [6.07, 6.45) is 4.70. The van der Waals surface area contributed by atoms with E-state index in [9.17, 15) is 4.79 Å². The van der Waals surface area contributed by atoms with E-state index in [2.05, 4.69) is 15.1 Å². The van der Waals surface area contributed by atoms with E-state index >= 15 is 0 Å². The standard InChI is InChI=1S/C19H26N4O4/c1-19(2,3)13-26-18(24)23-10-6-15(7-11-23)25-12-16-21-17(22-27-16)14-4-8-20-9-5-14/h4-5,8-9,15H,6-7,10-13H2,1-3H3. The van der Waals surface area contributed by atoms with Crippen LogP contribution in [-0.2, 0) is 16.1 Å². The minimum atomic E-state index is -0.248. The molecule has 1 fully saturated rings. The predicted octanol–water partition coefficient (Wildman–Crippen LogP) is 3.30. The van der Waals surface area contributed by atoms with E-state index in [0.29, 0.717) is 31.4 Å². The number of carbonyl (C=O) groups excluding carboxylic acids is 1. The van der Waals surface area contributed by atoms with Crippen LogP contribution in [0, 0.1) is 5.41 Å². The number of ether oxygens (including phenoxy) is 2. The zero-order valence-electron chi connectivity index (χ0n) is 16.1. The minimum Gasteiger partial charge on any atom is -0.449 e. The molecule has 0 N–H and O–H groups in total. The van der Waals surface area contributed by atoms with Gasteiger partial charge in [0.2, 0.25) is 5.82 Å². The maximum Gasteiger partial charge on any atom is 0.409 e. The summed E-state index contributed by atoms with van der Waals surface area (Å²) in [5, 5.41) is 3.96. The Morgan fingerprint density at radius 3 is 2.63 bits per heavy atom. The molecule has 0 atom stereocenters. The Hall–Kier alpha value is -2.48. The van der Waals surface area contributed by atoms with Gasteiger partial charge in [-0.3, -0.25) is 4.98 Å². The lowest BCUT2D eigenvalue weighted by atomic mass is 9.99. The lowest BCUT2D eigenvalue weighted by Crippen LogP contribution is -2.41. The van der Waals surface area contributed by atoms with Crippen molar-refractivity contribution in [3.8, 4) is 11.4 Å². The van der Waals surface area contributed by atoms with E-state index in [0.717, 1.165) is 18.4 Å². The van der Waals surface area contributed by atoms with Crippen molar-refractivity contribution in [2.45, 2.75) is 46.3 Å². The number of pyridine rings is 1. The summed E-state index contributed by atoms with van der Waals surface area (Å²) in [6.45, 7) is 8.05. The molecule has 146 valence electrons. The molecular weight excluding hydrogens is 348 g/mol. The number of likely N-dealkylation sites (tertiary alicyclic amines) is 1. The van der Waals surface area contributed by atoms with Crippen LogP contribution in [0.2, 0.25) is 0 Å². The predicted molar refractivity (Wildman–Crippen MR) is 97.7 cm³/mol. The van der Waals surface area contributed by atoms with Gasteiger partial charge < -0.3 is 18.9 Å². The smallest absolute Gasteiger partial charge is 0.409 e. The van der Waals surface area contributed by atoms with Gasteiger partial charge in [-0.05, 0) is 30.4 Å². The molecule has 3 rings (SSSR count). The van der Waals surface area contributed by atoms with Gasteiger partial charge >= 0.3 is 6.09 Å². The highest BCUT2D eigenvalue weighted by Gasteiger charge is 2.25. The number of hydrogen-bond acceptors (Lipinski definition) is 7. The number of carbonyl (C=O) groups is 1. The molecular formula is C19H26N4O4. The van der Waals surface area contributed by atoms with E-state index in [1.807, 2.05) is 32.9 Å². The average Bonchev–Trinajstić information content (AvgIpc) is 3.14. The summed E-state index contributed by atoms with van der Waals surface area (Å²) in [4.78, 5) is 22.1. The van der Waals surface area contributed by atoms with E-state index in [-0.39, 0.29) is 24.2 Å². The Morgan fingerprint density at radius 2 is 1.96 bits per heavy atom. The van der Waals surface area contributed by atoms with Crippen LogP contribution in [0.25, 0.3) is 11.4 Å².